The average molecular weight is 543 g/mol. The van der Waals surface area contributed by atoms with Gasteiger partial charge in [-0.25, -0.2) is 9.59 Å². The number of aliphatic carboxylic acids is 1. The van der Waals surface area contributed by atoms with Crippen LogP contribution in [0.5, 0.6) is 5.75 Å². The van der Waals surface area contributed by atoms with Crippen molar-refractivity contribution in [2.45, 2.75) is 43.4 Å². The van der Waals surface area contributed by atoms with Gasteiger partial charge in [0.05, 0.1) is 6.54 Å². The highest BCUT2D eigenvalue weighted by Crippen LogP contribution is 2.19. The summed E-state index contributed by atoms with van der Waals surface area (Å²) in [4.78, 5) is 26.1. The minimum Gasteiger partial charge on any atom is -0.492 e. The summed E-state index contributed by atoms with van der Waals surface area (Å²) in [6, 6.07) is 15.9. The Balaban J connectivity index is 1.83. The fourth-order valence-electron chi connectivity index (χ4n) is 3.34. The molecular weight excluding hydrogens is 509 g/mol. The number of ether oxygens (including phenoxy) is 2. The molecule has 0 saturated carbocycles. The lowest BCUT2D eigenvalue weighted by Crippen LogP contribution is -2.45. The van der Waals surface area contributed by atoms with Gasteiger partial charge in [-0.3, -0.25) is 0 Å². The molecule has 7 nitrogen and oxygen atoms in total. The fraction of sp³-hybridized carbons (Fsp3) is 0.462. The highest BCUT2D eigenvalue weighted by Gasteiger charge is 2.28. The Morgan fingerprint density at radius 2 is 1.76 bits per heavy atom. The number of carboxylic acid groups (broad SMARTS) is 1. The molecule has 2 rings (SSSR count). The quantitative estimate of drug-likeness (QED) is 0.223. The van der Waals surface area contributed by atoms with Gasteiger partial charge >= 0.3 is 18.2 Å². The van der Waals surface area contributed by atoms with Crippen molar-refractivity contribution in [3.8, 4) is 5.75 Å². The monoisotopic (exact) mass is 542 g/mol. The normalized spacial score (nSPS) is 12.1. The van der Waals surface area contributed by atoms with E-state index in [0.29, 0.717) is 18.7 Å². The van der Waals surface area contributed by atoms with Crippen LogP contribution in [0.1, 0.15) is 25.3 Å². The Labute approximate surface area is 219 Å². The van der Waals surface area contributed by atoms with Crippen LogP contribution >= 0.6 is 11.8 Å². The number of hydrogen-bond acceptors (Lipinski definition) is 5. The molecule has 0 fully saturated rings. The molecule has 0 radical (unpaired) electrons. The maximum absolute atomic E-state index is 12.6. The summed E-state index contributed by atoms with van der Waals surface area (Å²) in [5.41, 5.74) is 0.759. The number of nitrogens with zero attached hydrogens (tertiary/aromatic N) is 1. The van der Waals surface area contributed by atoms with E-state index in [1.54, 1.807) is 43.0 Å². The number of carbonyl (C=O) groups excluding carboxylic acids is 1. The standard InChI is InChI=1S/C26H33F3N2O5S/c1-2-35-23(24(32)33)18-20-10-12-21(13-11-20)36-16-15-31(25(34)30-19-26(27,28)29)14-6-7-17-37-22-8-4-3-5-9-22/h3-5,8-13,23H,2,6-7,14-19H2,1H3,(H,30,34)(H,32,33). The number of hydrogen-bond donors (Lipinski definition) is 2. The van der Waals surface area contributed by atoms with Crippen molar-refractivity contribution in [3.05, 3.63) is 60.2 Å². The zero-order valence-corrected chi connectivity index (χ0v) is 21.5. The summed E-state index contributed by atoms with van der Waals surface area (Å²) < 4.78 is 48.6. The second-order valence-corrected chi connectivity index (χ2v) is 9.28. The Morgan fingerprint density at radius 1 is 1.05 bits per heavy atom. The number of unbranched alkanes of at least 4 members (excludes halogenated alkanes) is 1. The molecule has 204 valence electrons. The van der Waals surface area contributed by atoms with Crippen LogP contribution in [0.25, 0.3) is 0 Å². The Kier molecular flexibility index (Phi) is 13.1. The molecule has 0 aliphatic heterocycles. The fourth-order valence-corrected chi connectivity index (χ4v) is 4.28. The zero-order chi connectivity index (χ0) is 27.1. The summed E-state index contributed by atoms with van der Waals surface area (Å²) in [7, 11) is 0. The van der Waals surface area contributed by atoms with Gasteiger partial charge in [0.1, 0.15) is 18.9 Å². The molecule has 0 bridgehead atoms. The number of nitrogens with one attached hydrogen (secondary N) is 1. The molecule has 2 N–H and O–H groups in total. The van der Waals surface area contributed by atoms with Crippen molar-refractivity contribution in [1.29, 1.82) is 0 Å². The van der Waals surface area contributed by atoms with Gasteiger partial charge in [0.15, 0.2) is 6.10 Å². The number of halogens is 3. The molecule has 0 heterocycles. The molecule has 0 spiro atoms. The first kappa shape index (κ1) is 30.3. The number of benzene rings is 2. The van der Waals surface area contributed by atoms with Crippen LogP contribution in [0.4, 0.5) is 18.0 Å². The SMILES string of the molecule is CCOC(Cc1ccc(OCCN(CCCCSc2ccccc2)C(=O)NCC(F)(F)F)cc1)C(=O)O. The second kappa shape index (κ2) is 16.0. The van der Waals surface area contributed by atoms with Crippen LogP contribution in [-0.4, -0.2) is 72.9 Å². The molecule has 1 atom stereocenters. The molecule has 2 aromatic carbocycles. The molecule has 0 aliphatic rings. The Hall–Kier alpha value is -2.92. The third kappa shape index (κ3) is 12.7. The highest BCUT2D eigenvalue weighted by molar-refractivity contribution is 7.99. The van der Waals surface area contributed by atoms with Gasteiger partial charge in [0.25, 0.3) is 0 Å². The lowest BCUT2D eigenvalue weighted by Gasteiger charge is -2.23. The van der Waals surface area contributed by atoms with E-state index in [4.69, 9.17) is 9.47 Å². The van der Waals surface area contributed by atoms with E-state index in [2.05, 4.69) is 0 Å². The highest BCUT2D eigenvalue weighted by atomic mass is 32.2. The molecule has 0 aromatic heterocycles. The maximum atomic E-state index is 12.6. The van der Waals surface area contributed by atoms with Crippen LogP contribution in [-0.2, 0) is 16.0 Å². The number of carboxylic acids is 1. The third-order valence-electron chi connectivity index (χ3n) is 5.18. The van der Waals surface area contributed by atoms with Gasteiger partial charge in [-0.2, -0.15) is 13.2 Å². The molecule has 2 aromatic rings. The summed E-state index contributed by atoms with van der Waals surface area (Å²) in [6.07, 6.45) is -3.79. The number of alkyl halides is 3. The topological polar surface area (TPSA) is 88.1 Å². The van der Waals surface area contributed by atoms with E-state index >= 15 is 0 Å². The number of urea groups is 1. The number of carbonyl (C=O) groups is 2. The van der Waals surface area contributed by atoms with Gasteiger partial charge in [0, 0.05) is 24.5 Å². The number of rotatable bonds is 16. The molecule has 1 unspecified atom stereocenters. The van der Waals surface area contributed by atoms with E-state index in [1.807, 2.05) is 35.6 Å². The predicted octanol–water partition coefficient (Wildman–Crippen LogP) is 5.24. The van der Waals surface area contributed by atoms with Crippen molar-refractivity contribution in [1.82, 2.24) is 10.2 Å². The first-order chi connectivity index (χ1) is 17.7. The molecule has 0 aliphatic carbocycles. The van der Waals surface area contributed by atoms with E-state index in [1.165, 1.54) is 4.90 Å². The van der Waals surface area contributed by atoms with Crippen molar-refractivity contribution < 1.29 is 37.3 Å². The van der Waals surface area contributed by atoms with Gasteiger partial charge in [-0.15, -0.1) is 11.8 Å². The zero-order valence-electron chi connectivity index (χ0n) is 20.7. The smallest absolute Gasteiger partial charge is 0.405 e. The van der Waals surface area contributed by atoms with E-state index in [9.17, 15) is 27.9 Å². The lowest BCUT2D eigenvalue weighted by atomic mass is 10.1. The van der Waals surface area contributed by atoms with Gasteiger partial charge in [-0.1, -0.05) is 30.3 Å². The molecule has 0 saturated heterocycles. The minimum atomic E-state index is -4.49. The van der Waals surface area contributed by atoms with Crippen molar-refractivity contribution in [2.24, 2.45) is 0 Å². The average Bonchev–Trinajstić information content (AvgIpc) is 2.86. The second-order valence-electron chi connectivity index (χ2n) is 8.11. The number of thioether (sulfide) groups is 1. The summed E-state index contributed by atoms with van der Waals surface area (Å²) in [6.45, 7) is 1.13. The summed E-state index contributed by atoms with van der Waals surface area (Å²) >= 11 is 1.69. The van der Waals surface area contributed by atoms with Crippen LogP contribution in [0, 0.1) is 0 Å². The van der Waals surface area contributed by atoms with Crippen molar-refractivity contribution >= 4 is 23.8 Å². The van der Waals surface area contributed by atoms with Crippen LogP contribution in [0.2, 0.25) is 0 Å². The van der Waals surface area contributed by atoms with Gasteiger partial charge < -0.3 is 24.8 Å². The van der Waals surface area contributed by atoms with Gasteiger partial charge in [-0.05, 0) is 55.3 Å². The Morgan fingerprint density at radius 3 is 2.38 bits per heavy atom. The summed E-state index contributed by atoms with van der Waals surface area (Å²) in [5.74, 6) is 0.295. The van der Waals surface area contributed by atoms with E-state index < -0.39 is 30.8 Å². The predicted molar refractivity (Wildman–Crippen MR) is 136 cm³/mol. The van der Waals surface area contributed by atoms with Crippen molar-refractivity contribution in [3.63, 3.8) is 0 Å². The van der Waals surface area contributed by atoms with Crippen LogP contribution < -0.4 is 10.1 Å². The third-order valence-corrected chi connectivity index (χ3v) is 6.28. The minimum absolute atomic E-state index is 0.0915. The number of amides is 2. The van der Waals surface area contributed by atoms with Crippen molar-refractivity contribution in [2.75, 3.05) is 38.6 Å². The van der Waals surface area contributed by atoms with Crippen LogP contribution in [0.3, 0.4) is 0 Å². The molecule has 2 amide bonds. The van der Waals surface area contributed by atoms with Crippen LogP contribution in [0.15, 0.2) is 59.5 Å². The summed E-state index contributed by atoms with van der Waals surface area (Å²) in [5, 5.41) is 11.1. The van der Waals surface area contributed by atoms with Gasteiger partial charge in [0.2, 0.25) is 0 Å². The lowest BCUT2D eigenvalue weighted by molar-refractivity contribution is -0.150. The Bertz CT molecular complexity index is 945. The molecular formula is C26H33F3N2O5S. The van der Waals surface area contributed by atoms with E-state index in [0.717, 1.165) is 22.6 Å². The largest absolute Gasteiger partial charge is 0.492 e. The maximum Gasteiger partial charge on any atom is 0.405 e. The first-order valence-corrected chi connectivity index (χ1v) is 13.0. The first-order valence-electron chi connectivity index (χ1n) is 12.0. The van der Waals surface area contributed by atoms with E-state index in [-0.39, 0.29) is 26.2 Å². The molecule has 37 heavy (non-hydrogen) atoms. The molecule has 11 heteroatoms.